The lowest BCUT2D eigenvalue weighted by Crippen LogP contribution is -2.26. The van der Waals surface area contributed by atoms with Crippen LogP contribution in [0.4, 0.5) is 0 Å². The molecule has 0 radical (unpaired) electrons. The Morgan fingerprint density at radius 1 is 1.38 bits per heavy atom. The maximum Gasteiger partial charge on any atom is 0.302 e. The molecule has 0 saturated carbocycles. The fourth-order valence-corrected chi connectivity index (χ4v) is 1.31. The van der Waals surface area contributed by atoms with Crippen LogP contribution in [-0.2, 0) is 24.1 Å². The van der Waals surface area contributed by atoms with E-state index in [1.807, 2.05) is 0 Å². The number of hydrogen-bond donors (Lipinski definition) is 1. The van der Waals surface area contributed by atoms with Crippen molar-refractivity contribution in [2.24, 2.45) is 0 Å². The molecule has 0 unspecified atom stereocenters. The number of rotatable bonds is 9. The SMILES string of the molecule is C=CS(=O)(=O)CNCCOCCOC(C)=O. The van der Waals surface area contributed by atoms with E-state index in [2.05, 4.69) is 16.6 Å². The molecular weight excluding hydrogens is 234 g/mol. The summed E-state index contributed by atoms with van der Waals surface area (Å²) in [5.41, 5.74) is 0. The minimum atomic E-state index is -3.20. The molecule has 7 heteroatoms. The Bertz CT molecular complexity index is 312. The second-order valence-electron chi connectivity index (χ2n) is 2.93. The van der Waals surface area contributed by atoms with Crippen molar-refractivity contribution < 1.29 is 22.7 Å². The van der Waals surface area contributed by atoms with Crippen LogP contribution in [0.2, 0.25) is 0 Å². The van der Waals surface area contributed by atoms with Gasteiger partial charge in [0.25, 0.3) is 0 Å². The van der Waals surface area contributed by atoms with Crippen LogP contribution in [0.5, 0.6) is 0 Å². The predicted octanol–water partition coefficient (Wildman–Crippen LogP) is -0.329. The largest absolute Gasteiger partial charge is 0.463 e. The molecule has 0 aromatic heterocycles. The highest BCUT2D eigenvalue weighted by Crippen LogP contribution is 1.86. The van der Waals surface area contributed by atoms with Crippen molar-refractivity contribution in [2.75, 3.05) is 32.2 Å². The third kappa shape index (κ3) is 9.63. The molecule has 0 aromatic rings. The zero-order valence-electron chi connectivity index (χ0n) is 9.27. The fourth-order valence-electron chi connectivity index (χ4n) is 0.764. The molecular formula is C9H17NO5S. The molecule has 0 aliphatic heterocycles. The summed E-state index contributed by atoms with van der Waals surface area (Å²) < 4.78 is 31.6. The molecule has 94 valence electrons. The van der Waals surface area contributed by atoms with Gasteiger partial charge in [0.2, 0.25) is 0 Å². The van der Waals surface area contributed by atoms with Crippen LogP contribution in [0.25, 0.3) is 0 Å². The average molecular weight is 251 g/mol. The van der Waals surface area contributed by atoms with E-state index in [4.69, 9.17) is 4.74 Å². The van der Waals surface area contributed by atoms with E-state index < -0.39 is 9.84 Å². The van der Waals surface area contributed by atoms with Crippen molar-refractivity contribution in [1.29, 1.82) is 0 Å². The Morgan fingerprint density at radius 2 is 2.06 bits per heavy atom. The maximum absolute atomic E-state index is 10.9. The molecule has 0 heterocycles. The van der Waals surface area contributed by atoms with Crippen LogP contribution in [-0.4, -0.2) is 46.6 Å². The lowest BCUT2D eigenvalue weighted by atomic mass is 10.7. The Morgan fingerprint density at radius 3 is 2.62 bits per heavy atom. The second-order valence-corrected chi connectivity index (χ2v) is 4.87. The van der Waals surface area contributed by atoms with E-state index in [1.165, 1.54) is 6.92 Å². The fraction of sp³-hybridized carbons (Fsp3) is 0.667. The van der Waals surface area contributed by atoms with Crippen LogP contribution in [0, 0.1) is 0 Å². The quantitative estimate of drug-likeness (QED) is 0.446. The van der Waals surface area contributed by atoms with E-state index in [1.54, 1.807) is 0 Å². The zero-order valence-corrected chi connectivity index (χ0v) is 10.1. The number of nitrogens with one attached hydrogen (secondary N) is 1. The third-order valence-corrected chi connectivity index (χ3v) is 2.63. The third-order valence-electron chi connectivity index (χ3n) is 1.51. The first-order valence-electron chi connectivity index (χ1n) is 4.75. The normalized spacial score (nSPS) is 11.1. The summed E-state index contributed by atoms with van der Waals surface area (Å²) in [6.45, 7) is 5.78. The molecule has 0 spiro atoms. The van der Waals surface area contributed by atoms with Crippen LogP contribution >= 0.6 is 0 Å². The maximum atomic E-state index is 10.9. The van der Waals surface area contributed by atoms with E-state index >= 15 is 0 Å². The minimum Gasteiger partial charge on any atom is -0.463 e. The summed E-state index contributed by atoms with van der Waals surface area (Å²) in [6, 6.07) is 0. The number of carbonyl (C=O) groups is 1. The van der Waals surface area contributed by atoms with Crippen molar-refractivity contribution in [3.63, 3.8) is 0 Å². The van der Waals surface area contributed by atoms with Gasteiger partial charge < -0.3 is 14.8 Å². The summed E-state index contributed by atoms with van der Waals surface area (Å²) in [7, 11) is -3.20. The Hall–Kier alpha value is -0.920. The molecule has 0 amide bonds. The van der Waals surface area contributed by atoms with Crippen LogP contribution in [0.3, 0.4) is 0 Å². The van der Waals surface area contributed by atoms with Gasteiger partial charge in [0.05, 0.1) is 13.2 Å². The van der Waals surface area contributed by atoms with Gasteiger partial charge in [-0.15, -0.1) is 0 Å². The highest BCUT2D eigenvalue weighted by molar-refractivity contribution is 7.94. The summed E-state index contributed by atoms with van der Waals surface area (Å²) in [5, 5.41) is 3.59. The highest BCUT2D eigenvalue weighted by atomic mass is 32.2. The molecule has 16 heavy (non-hydrogen) atoms. The molecule has 0 bridgehead atoms. The second kappa shape index (κ2) is 8.26. The van der Waals surface area contributed by atoms with Gasteiger partial charge >= 0.3 is 5.97 Å². The van der Waals surface area contributed by atoms with Crippen LogP contribution < -0.4 is 5.32 Å². The topological polar surface area (TPSA) is 81.7 Å². The Kier molecular flexibility index (Phi) is 7.78. The summed E-state index contributed by atoms with van der Waals surface area (Å²) in [5.74, 6) is -0.497. The lowest BCUT2D eigenvalue weighted by molar-refractivity contribution is -0.142. The number of sulfone groups is 1. The standard InChI is InChI=1S/C9H17NO5S/c1-3-16(12,13)8-10-4-5-14-6-7-15-9(2)11/h3,10H,1,4-8H2,2H3. The van der Waals surface area contributed by atoms with E-state index in [9.17, 15) is 13.2 Å². The van der Waals surface area contributed by atoms with Gasteiger partial charge in [-0.2, -0.15) is 0 Å². The molecule has 0 aliphatic carbocycles. The monoisotopic (exact) mass is 251 g/mol. The van der Waals surface area contributed by atoms with Gasteiger partial charge in [-0.05, 0) is 0 Å². The number of ether oxygens (including phenoxy) is 2. The van der Waals surface area contributed by atoms with Gasteiger partial charge in [0.1, 0.15) is 12.5 Å². The van der Waals surface area contributed by atoms with Crippen LogP contribution in [0.1, 0.15) is 6.92 Å². The number of esters is 1. The lowest BCUT2D eigenvalue weighted by Gasteiger charge is -2.05. The van der Waals surface area contributed by atoms with Crippen molar-refractivity contribution in [3.05, 3.63) is 12.0 Å². The molecule has 1 N–H and O–H groups in total. The minimum absolute atomic E-state index is 0.149. The van der Waals surface area contributed by atoms with Gasteiger partial charge in [-0.25, -0.2) is 8.42 Å². The van der Waals surface area contributed by atoms with Gasteiger partial charge in [0, 0.05) is 18.9 Å². The molecule has 0 fully saturated rings. The van der Waals surface area contributed by atoms with Crippen molar-refractivity contribution in [1.82, 2.24) is 5.32 Å². The highest BCUT2D eigenvalue weighted by Gasteiger charge is 2.02. The zero-order chi connectivity index (χ0) is 12.4. The van der Waals surface area contributed by atoms with Crippen molar-refractivity contribution in [3.8, 4) is 0 Å². The van der Waals surface area contributed by atoms with E-state index in [0.29, 0.717) is 19.8 Å². The van der Waals surface area contributed by atoms with Gasteiger partial charge in [0.15, 0.2) is 9.84 Å². The van der Waals surface area contributed by atoms with E-state index in [0.717, 1.165) is 5.41 Å². The molecule has 0 atom stereocenters. The summed E-state index contributed by atoms with van der Waals surface area (Å²) in [6.07, 6.45) is 0. The predicted molar refractivity (Wildman–Crippen MR) is 59.4 cm³/mol. The molecule has 0 aliphatic rings. The Balaban J connectivity index is 3.28. The molecule has 0 rings (SSSR count). The van der Waals surface area contributed by atoms with Crippen molar-refractivity contribution >= 4 is 15.8 Å². The van der Waals surface area contributed by atoms with Gasteiger partial charge in [-0.3, -0.25) is 4.79 Å². The van der Waals surface area contributed by atoms with Crippen molar-refractivity contribution in [2.45, 2.75) is 6.92 Å². The van der Waals surface area contributed by atoms with Crippen LogP contribution in [0.15, 0.2) is 12.0 Å². The van der Waals surface area contributed by atoms with Gasteiger partial charge in [-0.1, -0.05) is 6.58 Å². The van der Waals surface area contributed by atoms with E-state index in [-0.39, 0.29) is 18.5 Å². The first-order chi connectivity index (χ1) is 7.48. The molecule has 0 saturated heterocycles. The first kappa shape index (κ1) is 15.1. The summed E-state index contributed by atoms with van der Waals surface area (Å²) in [4.78, 5) is 10.4. The number of hydrogen-bond acceptors (Lipinski definition) is 6. The Labute approximate surface area is 95.5 Å². The average Bonchev–Trinajstić information content (AvgIpc) is 2.21. The smallest absolute Gasteiger partial charge is 0.302 e. The number of carbonyl (C=O) groups excluding carboxylic acids is 1. The first-order valence-corrected chi connectivity index (χ1v) is 6.46. The summed E-state index contributed by atoms with van der Waals surface area (Å²) >= 11 is 0. The molecule has 6 nitrogen and oxygen atoms in total. The molecule has 0 aromatic carbocycles.